The fourth-order valence-electron chi connectivity index (χ4n) is 3.75. The average molecular weight is 262 g/mol. The van der Waals surface area contributed by atoms with E-state index >= 15 is 0 Å². The van der Waals surface area contributed by atoms with E-state index in [1.54, 1.807) is 0 Å². The summed E-state index contributed by atoms with van der Waals surface area (Å²) in [5.74, 6) is 2.01. The monoisotopic (exact) mass is 262 g/mol. The lowest BCUT2D eigenvalue weighted by Gasteiger charge is -2.34. The first-order valence-corrected chi connectivity index (χ1v) is 7.77. The lowest BCUT2D eigenvalue weighted by atomic mass is 9.90. The molecule has 2 atom stereocenters. The summed E-state index contributed by atoms with van der Waals surface area (Å²) in [7, 11) is 0. The first kappa shape index (κ1) is 13.1. The Balaban J connectivity index is 1.55. The maximum atomic E-state index is 4.31. The second-order valence-corrected chi connectivity index (χ2v) is 6.02. The van der Waals surface area contributed by atoms with E-state index in [0.29, 0.717) is 0 Å². The summed E-state index contributed by atoms with van der Waals surface area (Å²) in [5, 5.41) is 3.57. The Labute approximate surface area is 116 Å². The van der Waals surface area contributed by atoms with Crippen molar-refractivity contribution in [3.05, 3.63) is 18.2 Å². The number of aryl methyl sites for hydroxylation is 1. The first-order chi connectivity index (χ1) is 9.34. The summed E-state index contributed by atoms with van der Waals surface area (Å²) in [6.45, 7) is 8.09. The van der Waals surface area contributed by atoms with Crippen molar-refractivity contribution in [3.63, 3.8) is 0 Å². The zero-order chi connectivity index (χ0) is 13.1. The lowest BCUT2D eigenvalue weighted by Crippen LogP contribution is -2.44. The molecule has 0 spiro atoms. The Morgan fingerprint density at radius 3 is 3.00 bits per heavy atom. The van der Waals surface area contributed by atoms with Gasteiger partial charge in [-0.2, -0.15) is 0 Å². The van der Waals surface area contributed by atoms with Crippen molar-refractivity contribution >= 4 is 0 Å². The van der Waals surface area contributed by atoms with Gasteiger partial charge in [0.1, 0.15) is 5.82 Å². The highest BCUT2D eigenvalue weighted by atomic mass is 15.2. The van der Waals surface area contributed by atoms with Crippen molar-refractivity contribution < 1.29 is 0 Å². The second-order valence-electron chi connectivity index (χ2n) is 6.02. The van der Waals surface area contributed by atoms with Gasteiger partial charge in [-0.15, -0.1) is 0 Å². The Kier molecular flexibility index (Phi) is 4.18. The first-order valence-electron chi connectivity index (χ1n) is 7.77. The van der Waals surface area contributed by atoms with E-state index in [1.165, 1.54) is 51.9 Å². The van der Waals surface area contributed by atoms with Gasteiger partial charge in [-0.1, -0.05) is 0 Å². The molecular formula is C15H26N4. The van der Waals surface area contributed by atoms with Gasteiger partial charge >= 0.3 is 0 Å². The zero-order valence-corrected chi connectivity index (χ0v) is 12.0. The summed E-state index contributed by atoms with van der Waals surface area (Å²) < 4.78 is 2.27. The summed E-state index contributed by atoms with van der Waals surface area (Å²) in [5.41, 5.74) is 0. The van der Waals surface area contributed by atoms with E-state index < -0.39 is 0 Å². The van der Waals surface area contributed by atoms with Gasteiger partial charge in [0.05, 0.1) is 0 Å². The third-order valence-corrected chi connectivity index (χ3v) is 4.85. The average Bonchev–Trinajstić information content (AvgIpc) is 3.06. The highest BCUT2D eigenvalue weighted by molar-refractivity contribution is 4.91. The maximum absolute atomic E-state index is 4.31. The molecule has 4 heteroatoms. The fourth-order valence-corrected chi connectivity index (χ4v) is 3.75. The number of imidazole rings is 1. The van der Waals surface area contributed by atoms with Gasteiger partial charge in [0.15, 0.2) is 0 Å². The van der Waals surface area contributed by atoms with Crippen LogP contribution in [0.15, 0.2) is 12.4 Å². The van der Waals surface area contributed by atoms with Gasteiger partial charge in [-0.3, -0.25) is 4.90 Å². The Morgan fingerprint density at radius 1 is 1.32 bits per heavy atom. The minimum absolute atomic E-state index is 0.816. The molecule has 3 rings (SSSR count). The predicted octanol–water partition coefficient (Wildman–Crippen LogP) is 1.66. The van der Waals surface area contributed by atoms with Crippen molar-refractivity contribution in [2.24, 2.45) is 5.92 Å². The molecule has 1 aromatic rings. The zero-order valence-electron chi connectivity index (χ0n) is 12.0. The SMILES string of the molecule is Cc1nccn1CCN1CCCC1C1CCCNC1. The molecule has 1 N–H and O–H groups in total. The number of likely N-dealkylation sites (tertiary alicyclic amines) is 1. The van der Waals surface area contributed by atoms with Crippen LogP contribution >= 0.6 is 0 Å². The van der Waals surface area contributed by atoms with Crippen LogP contribution in [0.3, 0.4) is 0 Å². The molecule has 3 heterocycles. The highest BCUT2D eigenvalue weighted by Gasteiger charge is 2.31. The van der Waals surface area contributed by atoms with Crippen LogP contribution in [0.25, 0.3) is 0 Å². The Morgan fingerprint density at radius 2 is 2.26 bits per heavy atom. The highest BCUT2D eigenvalue weighted by Crippen LogP contribution is 2.27. The molecule has 0 bridgehead atoms. The smallest absolute Gasteiger partial charge is 0.105 e. The molecule has 2 saturated heterocycles. The minimum atomic E-state index is 0.816. The van der Waals surface area contributed by atoms with Crippen molar-refractivity contribution in [2.45, 2.75) is 45.2 Å². The number of nitrogens with one attached hydrogen (secondary N) is 1. The van der Waals surface area contributed by atoms with Crippen LogP contribution in [-0.4, -0.2) is 46.7 Å². The molecule has 19 heavy (non-hydrogen) atoms. The molecule has 2 fully saturated rings. The quantitative estimate of drug-likeness (QED) is 0.896. The molecule has 0 amide bonds. The van der Waals surface area contributed by atoms with E-state index in [4.69, 9.17) is 0 Å². The fraction of sp³-hybridized carbons (Fsp3) is 0.800. The molecule has 0 aliphatic carbocycles. The Bertz CT molecular complexity index is 395. The van der Waals surface area contributed by atoms with Gasteiger partial charge in [-0.05, 0) is 58.2 Å². The van der Waals surface area contributed by atoms with Crippen molar-refractivity contribution in [1.29, 1.82) is 0 Å². The summed E-state index contributed by atoms with van der Waals surface area (Å²) >= 11 is 0. The van der Waals surface area contributed by atoms with E-state index in [9.17, 15) is 0 Å². The standard InChI is InChI=1S/C15H26N4/c1-13-17-7-9-18(13)10-11-19-8-3-5-15(19)14-4-2-6-16-12-14/h7,9,14-16H,2-6,8,10-12H2,1H3. The number of rotatable bonds is 4. The summed E-state index contributed by atoms with van der Waals surface area (Å²) in [6.07, 6.45) is 9.55. The number of nitrogens with zero attached hydrogens (tertiary/aromatic N) is 3. The number of piperidine rings is 1. The van der Waals surface area contributed by atoms with Gasteiger partial charge in [0.25, 0.3) is 0 Å². The topological polar surface area (TPSA) is 33.1 Å². The molecule has 2 aliphatic rings. The van der Waals surface area contributed by atoms with E-state index in [2.05, 4.69) is 32.9 Å². The molecule has 0 aromatic carbocycles. The molecule has 106 valence electrons. The van der Waals surface area contributed by atoms with Crippen LogP contribution in [0, 0.1) is 12.8 Å². The number of hydrogen-bond acceptors (Lipinski definition) is 3. The van der Waals surface area contributed by atoms with Gasteiger partial charge < -0.3 is 9.88 Å². The van der Waals surface area contributed by atoms with Crippen LogP contribution in [0.5, 0.6) is 0 Å². The number of aromatic nitrogens is 2. The third-order valence-electron chi connectivity index (χ3n) is 4.85. The van der Waals surface area contributed by atoms with E-state index in [1.807, 2.05) is 6.20 Å². The van der Waals surface area contributed by atoms with Gasteiger partial charge in [0, 0.05) is 31.5 Å². The third kappa shape index (κ3) is 3.00. The molecule has 1 aromatic heterocycles. The second kappa shape index (κ2) is 6.06. The minimum Gasteiger partial charge on any atom is -0.334 e. The summed E-state index contributed by atoms with van der Waals surface area (Å²) in [6, 6.07) is 0.816. The maximum Gasteiger partial charge on any atom is 0.105 e. The van der Waals surface area contributed by atoms with Gasteiger partial charge in [-0.25, -0.2) is 4.98 Å². The van der Waals surface area contributed by atoms with Crippen LogP contribution in [0.1, 0.15) is 31.5 Å². The van der Waals surface area contributed by atoms with Crippen LogP contribution in [-0.2, 0) is 6.54 Å². The lowest BCUT2D eigenvalue weighted by molar-refractivity contribution is 0.160. The van der Waals surface area contributed by atoms with Crippen LogP contribution in [0.4, 0.5) is 0 Å². The molecule has 4 nitrogen and oxygen atoms in total. The van der Waals surface area contributed by atoms with Gasteiger partial charge in [0.2, 0.25) is 0 Å². The molecule has 2 unspecified atom stereocenters. The van der Waals surface area contributed by atoms with Crippen molar-refractivity contribution in [3.8, 4) is 0 Å². The molecular weight excluding hydrogens is 236 g/mol. The van der Waals surface area contributed by atoms with Crippen molar-refractivity contribution in [2.75, 3.05) is 26.2 Å². The molecule has 0 saturated carbocycles. The summed E-state index contributed by atoms with van der Waals surface area (Å²) in [4.78, 5) is 7.02. The van der Waals surface area contributed by atoms with Crippen LogP contribution in [0.2, 0.25) is 0 Å². The van der Waals surface area contributed by atoms with E-state index in [-0.39, 0.29) is 0 Å². The number of hydrogen-bond donors (Lipinski definition) is 1. The predicted molar refractivity (Wildman–Crippen MR) is 77.2 cm³/mol. The molecule has 0 radical (unpaired) electrons. The Hall–Kier alpha value is -0.870. The largest absolute Gasteiger partial charge is 0.334 e. The van der Waals surface area contributed by atoms with E-state index in [0.717, 1.165) is 24.3 Å². The normalized spacial score (nSPS) is 28.9. The van der Waals surface area contributed by atoms with Crippen LogP contribution < -0.4 is 5.32 Å². The van der Waals surface area contributed by atoms with Crippen molar-refractivity contribution in [1.82, 2.24) is 19.8 Å². The molecule has 2 aliphatic heterocycles.